The Kier molecular flexibility index (Phi) is 10.9. The Morgan fingerprint density at radius 2 is 1.67 bits per heavy atom. The number of ether oxygens (including phenoxy) is 2. The number of fused-ring (bicyclic) bond motifs is 1. The second-order valence-corrected chi connectivity index (χ2v) is 11.2. The van der Waals surface area contributed by atoms with Crippen LogP contribution in [0, 0.1) is 5.92 Å². The molecular weight excluding hydrogens is 538 g/mol. The van der Waals surface area contributed by atoms with Gasteiger partial charge in [-0.3, -0.25) is 24.1 Å². The maximum absolute atomic E-state index is 13.3. The molecule has 0 bridgehead atoms. The molecule has 4 N–H and O–H groups in total. The van der Waals surface area contributed by atoms with Crippen molar-refractivity contribution in [3.05, 3.63) is 65.2 Å². The van der Waals surface area contributed by atoms with Crippen LogP contribution in [0.1, 0.15) is 48.7 Å². The highest BCUT2D eigenvalue weighted by Crippen LogP contribution is 2.19. The van der Waals surface area contributed by atoms with Crippen LogP contribution in [0.5, 0.6) is 5.75 Å². The molecule has 11 nitrogen and oxygen atoms in total. The van der Waals surface area contributed by atoms with Crippen molar-refractivity contribution >= 4 is 23.6 Å². The molecule has 2 aromatic rings. The zero-order chi connectivity index (χ0) is 30.1. The summed E-state index contributed by atoms with van der Waals surface area (Å²) in [6.45, 7) is 9.87. The fraction of sp³-hybridized carbons (Fsp3) is 0.484. The van der Waals surface area contributed by atoms with Crippen LogP contribution < -0.4 is 26.0 Å². The number of amides is 4. The fourth-order valence-corrected chi connectivity index (χ4v) is 4.86. The Hall–Kier alpha value is -3.96. The summed E-state index contributed by atoms with van der Waals surface area (Å²) in [6, 6.07) is 12.3. The van der Waals surface area contributed by atoms with E-state index in [4.69, 9.17) is 9.47 Å². The molecule has 0 aliphatic carbocycles. The van der Waals surface area contributed by atoms with Crippen LogP contribution in [0.25, 0.3) is 0 Å². The van der Waals surface area contributed by atoms with Gasteiger partial charge in [0.1, 0.15) is 24.4 Å². The van der Waals surface area contributed by atoms with E-state index >= 15 is 0 Å². The Morgan fingerprint density at radius 1 is 0.976 bits per heavy atom. The van der Waals surface area contributed by atoms with Crippen LogP contribution in [-0.2, 0) is 32.2 Å². The third-order valence-corrected chi connectivity index (χ3v) is 7.29. The van der Waals surface area contributed by atoms with Gasteiger partial charge < -0.3 is 30.7 Å². The quantitative estimate of drug-likeness (QED) is 0.406. The summed E-state index contributed by atoms with van der Waals surface area (Å²) in [6.07, 6.45) is -0.342. The average Bonchev–Trinajstić information content (AvgIpc) is 2.98. The summed E-state index contributed by atoms with van der Waals surface area (Å²) in [5.41, 5.74) is 2.28. The predicted octanol–water partition coefficient (Wildman–Crippen LogP) is 1.36. The molecule has 3 atom stereocenters. The topological polar surface area (TPSA) is 138 Å². The number of hydrogen-bond acceptors (Lipinski definition) is 7. The van der Waals surface area contributed by atoms with Crippen molar-refractivity contribution in [2.24, 2.45) is 5.92 Å². The minimum absolute atomic E-state index is 0.115. The lowest BCUT2D eigenvalue weighted by molar-refractivity contribution is -0.132. The van der Waals surface area contributed by atoms with E-state index in [0.717, 1.165) is 38.4 Å². The first kappa shape index (κ1) is 31.0. The molecule has 1 fully saturated rings. The normalized spacial score (nSPS) is 22.6. The number of morpholine rings is 1. The third-order valence-electron chi connectivity index (χ3n) is 7.29. The molecule has 0 aromatic heterocycles. The van der Waals surface area contributed by atoms with Crippen LogP contribution in [0.15, 0.2) is 48.5 Å². The van der Waals surface area contributed by atoms with Crippen LogP contribution in [0.2, 0.25) is 0 Å². The largest absolute Gasteiger partial charge is 0.491 e. The smallest absolute Gasteiger partial charge is 0.255 e. The molecule has 4 amide bonds. The summed E-state index contributed by atoms with van der Waals surface area (Å²) in [4.78, 5) is 55.0. The fourth-order valence-electron chi connectivity index (χ4n) is 4.86. The van der Waals surface area contributed by atoms with E-state index in [9.17, 15) is 19.2 Å². The van der Waals surface area contributed by atoms with Crippen LogP contribution in [0.3, 0.4) is 0 Å². The van der Waals surface area contributed by atoms with Gasteiger partial charge in [0.15, 0.2) is 0 Å². The number of carbonyl (C=O) groups excluding carboxylic acids is 4. The second-order valence-electron chi connectivity index (χ2n) is 11.2. The molecule has 0 unspecified atom stereocenters. The zero-order valence-electron chi connectivity index (χ0n) is 24.5. The second kappa shape index (κ2) is 14.8. The zero-order valence-corrected chi connectivity index (χ0v) is 24.5. The van der Waals surface area contributed by atoms with Crippen molar-refractivity contribution in [3.8, 4) is 5.75 Å². The van der Waals surface area contributed by atoms with E-state index < -0.39 is 29.8 Å². The molecule has 0 radical (unpaired) electrons. The molecule has 0 saturated carbocycles. The summed E-state index contributed by atoms with van der Waals surface area (Å²) in [7, 11) is 0. The van der Waals surface area contributed by atoms with Crippen LogP contribution in [0.4, 0.5) is 0 Å². The summed E-state index contributed by atoms with van der Waals surface area (Å²) < 4.78 is 11.3. The number of nitrogens with one attached hydrogen (secondary N) is 4. The van der Waals surface area contributed by atoms with E-state index in [-0.39, 0.29) is 43.0 Å². The standard InChI is InChI=1S/C31H41N5O6/c1-20(2)28-31(40)33-21(3)19-42-26-7-5-4-6-24(26)29(38)34-25(16-27(37)35-28)30(39)32-17-22-8-10-23(11-9-22)18-36-12-14-41-15-13-36/h4-11,20-21,25,28H,12-19H2,1-3H3,(H,32,39)(H,33,40)(H,34,38)(H,35,37)/t21-,25+,28+/m1/s1. The van der Waals surface area contributed by atoms with E-state index in [0.29, 0.717) is 5.75 Å². The molecule has 1 saturated heterocycles. The van der Waals surface area contributed by atoms with Crippen LogP contribution >= 0.6 is 0 Å². The number of hydrogen-bond donors (Lipinski definition) is 4. The van der Waals surface area contributed by atoms with Gasteiger partial charge >= 0.3 is 0 Å². The van der Waals surface area contributed by atoms with Gasteiger partial charge in [-0.2, -0.15) is 0 Å². The highest BCUT2D eigenvalue weighted by molar-refractivity contribution is 6.01. The highest BCUT2D eigenvalue weighted by atomic mass is 16.5. The summed E-state index contributed by atoms with van der Waals surface area (Å²) in [5, 5.41) is 11.2. The van der Waals surface area contributed by atoms with Crippen molar-refractivity contribution in [2.45, 2.75) is 58.4 Å². The van der Waals surface area contributed by atoms with Gasteiger partial charge in [-0.05, 0) is 36.1 Å². The van der Waals surface area contributed by atoms with Gasteiger partial charge in [0, 0.05) is 26.2 Å². The number of benzene rings is 2. The van der Waals surface area contributed by atoms with Crippen LogP contribution in [-0.4, -0.2) is 79.6 Å². The molecular formula is C31H41N5O6. The molecule has 4 rings (SSSR count). The van der Waals surface area contributed by atoms with Crippen molar-refractivity contribution < 1.29 is 28.7 Å². The Morgan fingerprint density at radius 3 is 2.38 bits per heavy atom. The minimum Gasteiger partial charge on any atom is -0.491 e. The lowest BCUT2D eigenvalue weighted by Crippen LogP contribution is -2.55. The lowest BCUT2D eigenvalue weighted by Gasteiger charge is -2.26. The van der Waals surface area contributed by atoms with E-state index in [1.165, 1.54) is 5.56 Å². The van der Waals surface area contributed by atoms with Gasteiger partial charge in [-0.25, -0.2) is 0 Å². The van der Waals surface area contributed by atoms with Gasteiger partial charge in [0.25, 0.3) is 5.91 Å². The van der Waals surface area contributed by atoms with E-state index in [2.05, 4.69) is 26.2 Å². The Bertz CT molecular complexity index is 1240. The number of carbonyl (C=O) groups is 4. The molecule has 11 heteroatoms. The molecule has 2 aromatic carbocycles. The Balaban J connectivity index is 1.47. The molecule has 42 heavy (non-hydrogen) atoms. The van der Waals surface area contributed by atoms with Crippen molar-refractivity contribution in [1.82, 2.24) is 26.2 Å². The van der Waals surface area contributed by atoms with Crippen molar-refractivity contribution in [1.29, 1.82) is 0 Å². The molecule has 2 heterocycles. The lowest BCUT2D eigenvalue weighted by atomic mass is 10.0. The maximum Gasteiger partial charge on any atom is 0.255 e. The first-order valence-corrected chi connectivity index (χ1v) is 14.5. The van der Waals surface area contributed by atoms with Crippen molar-refractivity contribution in [2.75, 3.05) is 32.9 Å². The van der Waals surface area contributed by atoms with Crippen molar-refractivity contribution in [3.63, 3.8) is 0 Å². The molecule has 2 aliphatic rings. The van der Waals surface area contributed by atoms with E-state index in [1.807, 2.05) is 38.1 Å². The molecule has 2 aliphatic heterocycles. The first-order chi connectivity index (χ1) is 20.2. The first-order valence-electron chi connectivity index (χ1n) is 14.5. The summed E-state index contributed by atoms with van der Waals surface area (Å²) >= 11 is 0. The number of rotatable bonds is 6. The van der Waals surface area contributed by atoms with E-state index in [1.54, 1.807) is 31.2 Å². The maximum atomic E-state index is 13.3. The van der Waals surface area contributed by atoms with Gasteiger partial charge in [0.2, 0.25) is 17.7 Å². The SMILES string of the molecule is CC(C)[C@@H]1NC(=O)C[C@@H](C(=O)NCc2ccc(CN3CCOCC3)cc2)NC(=O)c2ccccc2OC[C@@H](C)NC1=O. The van der Waals surface area contributed by atoms with Gasteiger partial charge in [0.05, 0.1) is 31.2 Å². The van der Waals surface area contributed by atoms with Gasteiger partial charge in [-0.15, -0.1) is 0 Å². The number of para-hydroxylation sites is 1. The van der Waals surface area contributed by atoms with Gasteiger partial charge in [-0.1, -0.05) is 50.2 Å². The molecule has 0 spiro atoms. The third kappa shape index (κ3) is 8.77. The predicted molar refractivity (Wildman–Crippen MR) is 157 cm³/mol. The average molecular weight is 580 g/mol. The minimum atomic E-state index is -1.18. The Labute approximate surface area is 246 Å². The number of nitrogens with zero attached hydrogens (tertiary/aromatic N) is 1. The molecule has 226 valence electrons. The monoisotopic (exact) mass is 579 g/mol. The highest BCUT2D eigenvalue weighted by Gasteiger charge is 2.30. The summed E-state index contributed by atoms with van der Waals surface area (Å²) in [5.74, 6) is -1.81.